The Morgan fingerprint density at radius 3 is 2.43 bits per heavy atom. The van der Waals surface area contributed by atoms with Gasteiger partial charge in [-0.3, -0.25) is 4.90 Å². The van der Waals surface area contributed by atoms with Crippen LogP contribution in [0.15, 0.2) is 42.5 Å². The Balaban J connectivity index is 1.63. The molecule has 0 aliphatic carbocycles. The summed E-state index contributed by atoms with van der Waals surface area (Å²) in [5.74, 6) is 1.63. The molecule has 0 saturated carbocycles. The van der Waals surface area contributed by atoms with E-state index in [1.165, 1.54) is 11.1 Å². The first-order valence-corrected chi connectivity index (χ1v) is 6.81. The predicted octanol–water partition coefficient (Wildman–Crippen LogP) is 2.92. The number of nitriles is 1. The van der Waals surface area contributed by atoms with Gasteiger partial charge in [-0.15, -0.1) is 0 Å². The molecule has 2 aromatic carbocycles. The molecular formula is C17H16N2O2. The lowest BCUT2D eigenvalue weighted by molar-refractivity contribution is 0.174. The fraction of sp³-hybridized carbons (Fsp3) is 0.235. The van der Waals surface area contributed by atoms with Gasteiger partial charge >= 0.3 is 0 Å². The second kappa shape index (κ2) is 5.86. The summed E-state index contributed by atoms with van der Waals surface area (Å²) < 4.78 is 10.7. The average Bonchev–Trinajstić information content (AvgIpc) is 2.95. The Kier molecular flexibility index (Phi) is 3.76. The van der Waals surface area contributed by atoms with Crippen LogP contribution in [0.5, 0.6) is 11.5 Å². The summed E-state index contributed by atoms with van der Waals surface area (Å²) in [4.78, 5) is 2.22. The molecule has 106 valence electrons. The van der Waals surface area contributed by atoms with E-state index >= 15 is 0 Å². The predicted molar refractivity (Wildman–Crippen MR) is 78.9 cm³/mol. The van der Waals surface area contributed by atoms with Crippen molar-refractivity contribution >= 4 is 0 Å². The van der Waals surface area contributed by atoms with Crippen LogP contribution in [0.1, 0.15) is 16.7 Å². The molecule has 0 atom stereocenters. The fourth-order valence-corrected chi connectivity index (χ4v) is 2.40. The van der Waals surface area contributed by atoms with Gasteiger partial charge in [0.15, 0.2) is 11.5 Å². The molecule has 2 aromatic rings. The maximum Gasteiger partial charge on any atom is 0.231 e. The van der Waals surface area contributed by atoms with Crippen LogP contribution < -0.4 is 9.47 Å². The van der Waals surface area contributed by atoms with Gasteiger partial charge < -0.3 is 9.47 Å². The van der Waals surface area contributed by atoms with Gasteiger partial charge in [-0.05, 0) is 42.4 Å². The highest BCUT2D eigenvalue weighted by molar-refractivity contribution is 5.44. The molecule has 0 aromatic heterocycles. The molecule has 0 amide bonds. The SMILES string of the molecule is CN(Cc1ccc(C#N)cc1)Cc1ccc2c(c1)OCO2. The zero-order valence-electron chi connectivity index (χ0n) is 11.9. The van der Waals surface area contributed by atoms with Crippen LogP contribution >= 0.6 is 0 Å². The molecule has 1 aliphatic heterocycles. The summed E-state index contributed by atoms with van der Waals surface area (Å²) in [7, 11) is 2.07. The monoisotopic (exact) mass is 280 g/mol. The Morgan fingerprint density at radius 1 is 1.00 bits per heavy atom. The van der Waals surface area contributed by atoms with Crippen molar-refractivity contribution in [1.29, 1.82) is 5.26 Å². The Hall–Kier alpha value is -2.51. The maximum atomic E-state index is 8.80. The van der Waals surface area contributed by atoms with Crippen molar-refractivity contribution in [3.63, 3.8) is 0 Å². The van der Waals surface area contributed by atoms with E-state index in [0.29, 0.717) is 12.4 Å². The molecule has 0 fully saturated rings. The van der Waals surface area contributed by atoms with Gasteiger partial charge in [0.2, 0.25) is 6.79 Å². The maximum absolute atomic E-state index is 8.80. The van der Waals surface area contributed by atoms with E-state index in [2.05, 4.69) is 24.1 Å². The lowest BCUT2D eigenvalue weighted by Crippen LogP contribution is -2.17. The molecule has 0 unspecified atom stereocenters. The van der Waals surface area contributed by atoms with E-state index in [9.17, 15) is 0 Å². The standard InChI is InChI=1S/C17H16N2O2/c1-19(10-14-4-2-13(9-18)3-5-14)11-15-6-7-16-17(8-15)21-12-20-16/h2-8H,10-12H2,1H3. The number of rotatable bonds is 4. The van der Waals surface area contributed by atoms with Crippen molar-refractivity contribution in [2.24, 2.45) is 0 Å². The second-order valence-corrected chi connectivity index (χ2v) is 5.17. The minimum atomic E-state index is 0.305. The normalized spacial score (nSPS) is 12.4. The van der Waals surface area contributed by atoms with E-state index in [4.69, 9.17) is 14.7 Å². The van der Waals surface area contributed by atoms with Gasteiger partial charge in [-0.2, -0.15) is 5.26 Å². The third kappa shape index (κ3) is 3.15. The zero-order valence-corrected chi connectivity index (χ0v) is 11.9. The number of hydrogen-bond acceptors (Lipinski definition) is 4. The van der Waals surface area contributed by atoms with Crippen molar-refractivity contribution in [2.75, 3.05) is 13.8 Å². The average molecular weight is 280 g/mol. The minimum absolute atomic E-state index is 0.305. The number of ether oxygens (including phenoxy) is 2. The van der Waals surface area contributed by atoms with Crippen LogP contribution in [-0.4, -0.2) is 18.7 Å². The molecular weight excluding hydrogens is 264 g/mol. The van der Waals surface area contributed by atoms with E-state index < -0.39 is 0 Å². The van der Waals surface area contributed by atoms with E-state index in [1.54, 1.807) is 0 Å². The van der Waals surface area contributed by atoms with Gasteiger partial charge in [-0.25, -0.2) is 0 Å². The molecule has 0 spiro atoms. The van der Waals surface area contributed by atoms with Crippen LogP contribution in [0.2, 0.25) is 0 Å². The highest BCUT2D eigenvalue weighted by Crippen LogP contribution is 2.32. The quantitative estimate of drug-likeness (QED) is 0.864. The van der Waals surface area contributed by atoms with Crippen LogP contribution in [0, 0.1) is 11.3 Å². The summed E-state index contributed by atoms with van der Waals surface area (Å²) >= 11 is 0. The topological polar surface area (TPSA) is 45.5 Å². The number of fused-ring (bicyclic) bond motifs is 1. The van der Waals surface area contributed by atoms with Crippen LogP contribution in [0.3, 0.4) is 0 Å². The molecule has 4 heteroatoms. The number of hydrogen-bond donors (Lipinski definition) is 0. The van der Waals surface area contributed by atoms with Crippen molar-refractivity contribution in [3.8, 4) is 17.6 Å². The second-order valence-electron chi connectivity index (χ2n) is 5.17. The van der Waals surface area contributed by atoms with E-state index in [0.717, 1.165) is 24.6 Å². The van der Waals surface area contributed by atoms with E-state index in [-0.39, 0.29) is 0 Å². The van der Waals surface area contributed by atoms with Crippen molar-refractivity contribution in [2.45, 2.75) is 13.1 Å². The fourth-order valence-electron chi connectivity index (χ4n) is 2.40. The Labute approximate surface area is 124 Å². The number of nitrogens with zero attached hydrogens (tertiary/aromatic N) is 2. The van der Waals surface area contributed by atoms with Crippen LogP contribution in [-0.2, 0) is 13.1 Å². The third-order valence-corrected chi connectivity index (χ3v) is 3.42. The third-order valence-electron chi connectivity index (χ3n) is 3.42. The molecule has 3 rings (SSSR count). The minimum Gasteiger partial charge on any atom is -0.454 e. The van der Waals surface area contributed by atoms with E-state index in [1.807, 2.05) is 36.4 Å². The first-order valence-electron chi connectivity index (χ1n) is 6.81. The van der Waals surface area contributed by atoms with Gasteiger partial charge in [0.05, 0.1) is 11.6 Å². The summed E-state index contributed by atoms with van der Waals surface area (Å²) in [5.41, 5.74) is 3.07. The molecule has 0 saturated heterocycles. The first-order chi connectivity index (χ1) is 10.2. The Bertz CT molecular complexity index is 674. The molecule has 21 heavy (non-hydrogen) atoms. The molecule has 1 heterocycles. The summed E-state index contributed by atoms with van der Waals surface area (Å²) in [6.45, 7) is 1.97. The largest absolute Gasteiger partial charge is 0.454 e. The van der Waals surface area contributed by atoms with Crippen molar-refractivity contribution in [3.05, 3.63) is 59.2 Å². The summed E-state index contributed by atoms with van der Waals surface area (Å²) in [6.07, 6.45) is 0. The van der Waals surface area contributed by atoms with Gasteiger partial charge in [0.1, 0.15) is 0 Å². The smallest absolute Gasteiger partial charge is 0.231 e. The van der Waals surface area contributed by atoms with Crippen LogP contribution in [0.25, 0.3) is 0 Å². The zero-order chi connectivity index (χ0) is 14.7. The Morgan fingerprint density at radius 2 is 1.67 bits per heavy atom. The lowest BCUT2D eigenvalue weighted by atomic mass is 10.1. The van der Waals surface area contributed by atoms with Crippen molar-refractivity contribution < 1.29 is 9.47 Å². The number of benzene rings is 2. The molecule has 4 nitrogen and oxygen atoms in total. The molecule has 0 radical (unpaired) electrons. The van der Waals surface area contributed by atoms with Crippen molar-refractivity contribution in [1.82, 2.24) is 4.90 Å². The molecule has 1 aliphatic rings. The lowest BCUT2D eigenvalue weighted by Gasteiger charge is -2.17. The molecule has 0 N–H and O–H groups in total. The van der Waals surface area contributed by atoms with Gasteiger partial charge in [0.25, 0.3) is 0 Å². The highest BCUT2D eigenvalue weighted by Gasteiger charge is 2.13. The van der Waals surface area contributed by atoms with Crippen LogP contribution in [0.4, 0.5) is 0 Å². The van der Waals surface area contributed by atoms with Gasteiger partial charge in [0, 0.05) is 13.1 Å². The van der Waals surface area contributed by atoms with Gasteiger partial charge in [-0.1, -0.05) is 18.2 Å². The highest BCUT2D eigenvalue weighted by atomic mass is 16.7. The first kappa shape index (κ1) is 13.5. The molecule has 0 bridgehead atoms. The summed E-state index contributed by atoms with van der Waals surface area (Å²) in [6, 6.07) is 15.9. The summed E-state index contributed by atoms with van der Waals surface area (Å²) in [5, 5.41) is 8.80.